The van der Waals surface area contributed by atoms with Crippen LogP contribution in [0.4, 0.5) is 13.2 Å². The summed E-state index contributed by atoms with van der Waals surface area (Å²) < 4.78 is 43.1. The van der Waals surface area contributed by atoms with E-state index in [9.17, 15) is 27.9 Å². The van der Waals surface area contributed by atoms with Crippen LogP contribution in [0.1, 0.15) is 36.3 Å². The van der Waals surface area contributed by atoms with E-state index in [0.29, 0.717) is 31.6 Å². The minimum Gasteiger partial charge on any atom is -0.480 e. The van der Waals surface area contributed by atoms with Crippen molar-refractivity contribution in [2.45, 2.75) is 37.4 Å². The minimum atomic E-state index is -4.39. The number of carboxylic acids is 1. The zero-order chi connectivity index (χ0) is 18.9. The van der Waals surface area contributed by atoms with Crippen molar-refractivity contribution in [1.29, 1.82) is 0 Å². The van der Waals surface area contributed by atoms with E-state index >= 15 is 0 Å². The number of benzene rings is 1. The molecule has 1 aromatic rings. The van der Waals surface area contributed by atoms with Gasteiger partial charge in [-0.15, -0.1) is 0 Å². The third-order valence-electron chi connectivity index (χ3n) is 5.02. The van der Waals surface area contributed by atoms with Gasteiger partial charge in [-0.1, -0.05) is 12.1 Å². The van der Waals surface area contributed by atoms with E-state index in [-0.39, 0.29) is 17.7 Å². The maximum absolute atomic E-state index is 12.6. The number of rotatable bonds is 5. The predicted octanol–water partition coefficient (Wildman–Crippen LogP) is 2.80. The Balaban J connectivity index is 1.60. The number of carbonyl (C=O) groups is 2. The number of hydrogen-bond acceptors (Lipinski definition) is 3. The molecule has 0 radical (unpaired) electrons. The molecule has 142 valence electrons. The van der Waals surface area contributed by atoms with E-state index in [1.807, 2.05) is 0 Å². The fourth-order valence-electron chi connectivity index (χ4n) is 3.44. The van der Waals surface area contributed by atoms with Gasteiger partial charge in [-0.05, 0) is 42.9 Å². The second kappa shape index (κ2) is 7.26. The first-order valence-corrected chi connectivity index (χ1v) is 8.55. The molecule has 2 N–H and O–H groups in total. The monoisotopic (exact) mass is 371 g/mol. The molecule has 1 amide bonds. The Morgan fingerprint density at radius 3 is 2.46 bits per heavy atom. The predicted molar refractivity (Wildman–Crippen MR) is 85.4 cm³/mol. The Bertz CT molecular complexity index is 668. The number of alkyl halides is 3. The summed E-state index contributed by atoms with van der Waals surface area (Å²) in [6.45, 7) is 0.889. The maximum Gasteiger partial charge on any atom is 0.416 e. The number of ether oxygens (including phenoxy) is 1. The van der Waals surface area contributed by atoms with Gasteiger partial charge in [0, 0.05) is 18.4 Å². The maximum atomic E-state index is 12.6. The summed E-state index contributed by atoms with van der Waals surface area (Å²) in [4.78, 5) is 23.9. The van der Waals surface area contributed by atoms with Gasteiger partial charge in [-0.25, -0.2) is 4.79 Å². The molecule has 1 saturated heterocycles. The Hall–Kier alpha value is -2.09. The fraction of sp³-hybridized carbons (Fsp3) is 0.556. The summed E-state index contributed by atoms with van der Waals surface area (Å²) in [5.74, 6) is -2.31. The fourth-order valence-corrected chi connectivity index (χ4v) is 3.44. The molecule has 1 aliphatic carbocycles. The Labute approximate surface area is 148 Å². The molecular formula is C18H20F3NO4. The molecule has 4 unspecified atom stereocenters. The van der Waals surface area contributed by atoms with E-state index in [0.717, 1.165) is 18.6 Å². The number of amides is 1. The molecule has 0 aromatic heterocycles. The van der Waals surface area contributed by atoms with E-state index in [1.165, 1.54) is 12.1 Å². The summed E-state index contributed by atoms with van der Waals surface area (Å²) in [6, 6.07) is 3.76. The summed E-state index contributed by atoms with van der Waals surface area (Å²) in [7, 11) is 0. The van der Waals surface area contributed by atoms with Crippen LogP contribution in [0.3, 0.4) is 0 Å². The molecule has 8 heteroatoms. The van der Waals surface area contributed by atoms with Crippen molar-refractivity contribution in [3.63, 3.8) is 0 Å². The van der Waals surface area contributed by atoms with Gasteiger partial charge in [0.05, 0.1) is 12.2 Å². The first kappa shape index (κ1) is 18.7. The topological polar surface area (TPSA) is 75.6 Å². The first-order valence-electron chi connectivity index (χ1n) is 8.55. The molecule has 0 bridgehead atoms. The smallest absolute Gasteiger partial charge is 0.416 e. The van der Waals surface area contributed by atoms with Crippen LogP contribution < -0.4 is 5.32 Å². The molecule has 1 aromatic carbocycles. The molecule has 4 atom stereocenters. The lowest BCUT2D eigenvalue weighted by atomic mass is 9.93. The minimum absolute atomic E-state index is 0.172. The normalized spacial score (nSPS) is 26.8. The van der Waals surface area contributed by atoms with Gasteiger partial charge in [0.25, 0.3) is 0 Å². The molecule has 2 fully saturated rings. The molecule has 26 heavy (non-hydrogen) atoms. The summed E-state index contributed by atoms with van der Waals surface area (Å²) in [5.41, 5.74) is -0.0721. The lowest BCUT2D eigenvalue weighted by molar-refractivity contribution is -0.145. The van der Waals surface area contributed by atoms with E-state index < -0.39 is 29.7 Å². The van der Waals surface area contributed by atoms with E-state index in [1.54, 1.807) is 0 Å². The van der Waals surface area contributed by atoms with E-state index in [2.05, 4.69) is 5.32 Å². The van der Waals surface area contributed by atoms with Gasteiger partial charge in [-0.2, -0.15) is 13.2 Å². The quantitative estimate of drug-likeness (QED) is 0.835. The van der Waals surface area contributed by atoms with Crippen molar-refractivity contribution in [1.82, 2.24) is 5.32 Å². The number of carboxylic acid groups (broad SMARTS) is 1. The Kier molecular flexibility index (Phi) is 5.22. The van der Waals surface area contributed by atoms with Crippen molar-refractivity contribution in [3.05, 3.63) is 35.4 Å². The standard InChI is InChI=1S/C18H20F3NO4/c19-18(20,21)12-5-3-10(4-6-12)13-8-14(13)16(23)22-15(17(24)25)11-2-1-7-26-9-11/h3-6,11,13-15H,1-2,7-9H2,(H,22,23)(H,24,25). The average molecular weight is 371 g/mol. The average Bonchev–Trinajstić information content (AvgIpc) is 3.40. The second-order valence-corrected chi connectivity index (χ2v) is 6.87. The Morgan fingerprint density at radius 2 is 1.92 bits per heavy atom. The molecule has 1 heterocycles. The van der Waals surface area contributed by atoms with Gasteiger partial charge in [0.15, 0.2) is 0 Å². The zero-order valence-corrected chi connectivity index (χ0v) is 14.0. The van der Waals surface area contributed by atoms with Gasteiger partial charge in [0.2, 0.25) is 5.91 Å². The van der Waals surface area contributed by atoms with Crippen LogP contribution in [-0.4, -0.2) is 36.2 Å². The van der Waals surface area contributed by atoms with Gasteiger partial charge in [0.1, 0.15) is 6.04 Å². The molecule has 2 aliphatic rings. The largest absolute Gasteiger partial charge is 0.480 e. The summed E-state index contributed by atoms with van der Waals surface area (Å²) in [5, 5.41) is 12.0. The Morgan fingerprint density at radius 1 is 1.23 bits per heavy atom. The van der Waals surface area contributed by atoms with Crippen molar-refractivity contribution in [2.24, 2.45) is 11.8 Å². The number of carbonyl (C=O) groups excluding carboxylic acids is 1. The lowest BCUT2D eigenvalue weighted by Gasteiger charge is -2.28. The van der Waals surface area contributed by atoms with Crippen molar-refractivity contribution < 1.29 is 32.6 Å². The van der Waals surface area contributed by atoms with Crippen LogP contribution in [-0.2, 0) is 20.5 Å². The highest BCUT2D eigenvalue weighted by atomic mass is 19.4. The third-order valence-corrected chi connectivity index (χ3v) is 5.02. The number of aliphatic carboxylic acids is 1. The van der Waals surface area contributed by atoms with Crippen LogP contribution in [0, 0.1) is 11.8 Å². The van der Waals surface area contributed by atoms with E-state index in [4.69, 9.17) is 4.74 Å². The molecule has 5 nitrogen and oxygen atoms in total. The van der Waals surface area contributed by atoms with Crippen molar-refractivity contribution in [3.8, 4) is 0 Å². The van der Waals surface area contributed by atoms with Crippen molar-refractivity contribution in [2.75, 3.05) is 13.2 Å². The highest BCUT2D eigenvalue weighted by Crippen LogP contribution is 2.48. The van der Waals surface area contributed by atoms with Gasteiger partial charge >= 0.3 is 12.1 Å². The number of halogens is 3. The molecule has 3 rings (SSSR count). The van der Waals surface area contributed by atoms with Crippen LogP contribution in [0.5, 0.6) is 0 Å². The lowest BCUT2D eigenvalue weighted by Crippen LogP contribution is -2.49. The van der Waals surface area contributed by atoms with Crippen molar-refractivity contribution >= 4 is 11.9 Å². The highest BCUT2D eigenvalue weighted by molar-refractivity contribution is 5.87. The molecular weight excluding hydrogens is 351 g/mol. The van der Waals surface area contributed by atoms with Crippen LogP contribution >= 0.6 is 0 Å². The number of hydrogen-bond donors (Lipinski definition) is 2. The first-order chi connectivity index (χ1) is 12.3. The summed E-state index contributed by atoms with van der Waals surface area (Å²) >= 11 is 0. The highest BCUT2D eigenvalue weighted by Gasteiger charge is 2.46. The van der Waals surface area contributed by atoms with Crippen LogP contribution in [0.15, 0.2) is 24.3 Å². The SMILES string of the molecule is O=C(NC(C(=O)O)C1CCCOC1)C1CC1c1ccc(C(F)(F)F)cc1. The van der Waals surface area contributed by atoms with Crippen LogP contribution in [0.25, 0.3) is 0 Å². The molecule has 1 aliphatic heterocycles. The zero-order valence-electron chi connectivity index (χ0n) is 14.0. The van der Waals surface area contributed by atoms with Gasteiger partial charge < -0.3 is 15.2 Å². The second-order valence-electron chi connectivity index (χ2n) is 6.87. The van der Waals surface area contributed by atoms with Crippen LogP contribution in [0.2, 0.25) is 0 Å². The molecule has 0 spiro atoms. The third kappa shape index (κ3) is 4.17. The van der Waals surface area contributed by atoms with Gasteiger partial charge in [-0.3, -0.25) is 4.79 Å². The summed E-state index contributed by atoms with van der Waals surface area (Å²) in [6.07, 6.45) is -2.47. The number of nitrogens with one attached hydrogen (secondary N) is 1. The molecule has 1 saturated carbocycles.